The van der Waals surface area contributed by atoms with E-state index in [0.29, 0.717) is 47.9 Å². The fourth-order valence-corrected chi connectivity index (χ4v) is 5.12. The minimum atomic E-state index is 0.470. The summed E-state index contributed by atoms with van der Waals surface area (Å²) in [6, 6.07) is 15.7. The van der Waals surface area contributed by atoms with Crippen molar-refractivity contribution in [1.82, 2.24) is 24.9 Å². The molecule has 0 aliphatic carbocycles. The highest BCUT2D eigenvalue weighted by Crippen LogP contribution is 2.33. The third-order valence-electron chi connectivity index (χ3n) is 6.43. The number of benzene rings is 1. The minimum absolute atomic E-state index is 0.470. The monoisotopic (exact) mass is 609 g/mol. The van der Waals surface area contributed by atoms with Gasteiger partial charge in [-0.2, -0.15) is 0 Å². The van der Waals surface area contributed by atoms with Crippen molar-refractivity contribution in [3.8, 4) is 11.1 Å². The molecule has 192 valence electrons. The second-order valence-electron chi connectivity index (χ2n) is 8.97. The number of rotatable bonds is 7. The topological polar surface area (TPSA) is 83.0 Å². The van der Waals surface area contributed by atoms with Gasteiger partial charge in [-0.1, -0.05) is 68.6 Å². The predicted molar refractivity (Wildman–Crippen MR) is 152 cm³/mol. The molecule has 11 heteroatoms. The number of hydrogen-bond donors (Lipinski definition) is 0. The van der Waals surface area contributed by atoms with Gasteiger partial charge in [-0.05, 0) is 41.0 Å². The van der Waals surface area contributed by atoms with Crippen LogP contribution in [0.5, 0.6) is 0 Å². The summed E-state index contributed by atoms with van der Waals surface area (Å²) in [5.41, 5.74) is 4.63. The molecule has 0 spiro atoms. The van der Waals surface area contributed by atoms with Crippen LogP contribution in [0.4, 0.5) is 0 Å². The number of amidine groups is 2. The van der Waals surface area contributed by atoms with Gasteiger partial charge in [0, 0.05) is 43.0 Å². The molecule has 0 fully saturated rings. The molecule has 5 heterocycles. The molecule has 8 nitrogen and oxygen atoms in total. The Morgan fingerprint density at radius 1 is 0.763 bits per heavy atom. The van der Waals surface area contributed by atoms with Crippen molar-refractivity contribution in [2.24, 2.45) is 9.98 Å². The molecule has 1 aromatic carbocycles. The van der Waals surface area contributed by atoms with E-state index in [1.807, 2.05) is 24.3 Å². The summed E-state index contributed by atoms with van der Waals surface area (Å²) in [4.78, 5) is 22.5. The van der Waals surface area contributed by atoms with Crippen LogP contribution in [-0.4, -0.2) is 62.8 Å². The molecular formula is C27H22BrCl2N7O. The van der Waals surface area contributed by atoms with Crippen LogP contribution in [0, 0.1) is 0 Å². The smallest absolute Gasteiger partial charge is 0.210 e. The molecule has 4 aromatic rings. The molecule has 6 rings (SSSR count). The van der Waals surface area contributed by atoms with E-state index >= 15 is 0 Å². The number of nitrogens with zero attached hydrogens (tertiary/aromatic N) is 7. The molecule has 0 N–H and O–H groups in total. The Labute approximate surface area is 238 Å². The van der Waals surface area contributed by atoms with Gasteiger partial charge in [0.1, 0.15) is 10.3 Å². The Morgan fingerprint density at radius 2 is 1.34 bits per heavy atom. The van der Waals surface area contributed by atoms with Crippen molar-refractivity contribution < 1.29 is 4.52 Å². The standard InChI is InChI=1S/C27H22BrCl2N7O/c28-20-5-3-19(4-6-20)23-24(26-31-9-11-36(26)15-17-1-7-21(29)33-13-17)35-38-25(23)27-32-10-12-37(27)16-18-2-8-22(30)34-14-18/h1-8,13-14H,9-12,15-16H2. The Bertz CT molecular complexity index is 1410. The quantitative estimate of drug-likeness (QED) is 0.249. The highest BCUT2D eigenvalue weighted by molar-refractivity contribution is 9.10. The van der Waals surface area contributed by atoms with E-state index in [0.717, 1.165) is 51.5 Å². The maximum Gasteiger partial charge on any atom is 0.210 e. The molecule has 0 bridgehead atoms. The van der Waals surface area contributed by atoms with Gasteiger partial charge in [0.05, 0.1) is 18.7 Å². The van der Waals surface area contributed by atoms with Crippen molar-refractivity contribution in [1.29, 1.82) is 0 Å². The zero-order chi connectivity index (χ0) is 26.1. The lowest BCUT2D eigenvalue weighted by molar-refractivity contribution is 0.387. The molecule has 0 amide bonds. The molecule has 38 heavy (non-hydrogen) atoms. The zero-order valence-electron chi connectivity index (χ0n) is 20.2. The summed E-state index contributed by atoms with van der Waals surface area (Å²) in [6.07, 6.45) is 3.58. The van der Waals surface area contributed by atoms with Gasteiger partial charge in [0.2, 0.25) is 5.76 Å². The van der Waals surface area contributed by atoms with Gasteiger partial charge in [-0.3, -0.25) is 9.98 Å². The van der Waals surface area contributed by atoms with Crippen LogP contribution >= 0.6 is 39.1 Å². The molecular weight excluding hydrogens is 589 g/mol. The van der Waals surface area contributed by atoms with Crippen LogP contribution in [0.1, 0.15) is 22.6 Å². The van der Waals surface area contributed by atoms with Gasteiger partial charge in [0.25, 0.3) is 0 Å². The second kappa shape index (κ2) is 10.8. The van der Waals surface area contributed by atoms with Gasteiger partial charge < -0.3 is 14.3 Å². The minimum Gasteiger partial charge on any atom is -0.352 e. The summed E-state index contributed by atoms with van der Waals surface area (Å²) in [7, 11) is 0. The third kappa shape index (κ3) is 5.18. The van der Waals surface area contributed by atoms with Crippen LogP contribution in [0.3, 0.4) is 0 Å². The van der Waals surface area contributed by atoms with E-state index < -0.39 is 0 Å². The molecule has 0 atom stereocenters. The van der Waals surface area contributed by atoms with E-state index in [4.69, 9.17) is 37.7 Å². The van der Waals surface area contributed by atoms with Crippen LogP contribution in [0.2, 0.25) is 10.3 Å². The molecule has 0 unspecified atom stereocenters. The Kier molecular flexibility index (Phi) is 7.14. The van der Waals surface area contributed by atoms with E-state index in [9.17, 15) is 0 Å². The molecule has 0 saturated carbocycles. The number of aromatic nitrogens is 3. The van der Waals surface area contributed by atoms with Crippen molar-refractivity contribution >= 4 is 50.8 Å². The van der Waals surface area contributed by atoms with Crippen LogP contribution in [0.15, 0.2) is 79.9 Å². The van der Waals surface area contributed by atoms with Crippen molar-refractivity contribution in [3.05, 3.63) is 98.3 Å². The normalized spacial score (nSPS) is 15.2. The summed E-state index contributed by atoms with van der Waals surface area (Å²) < 4.78 is 7.06. The van der Waals surface area contributed by atoms with E-state index in [2.05, 4.69) is 53.0 Å². The Morgan fingerprint density at radius 3 is 1.92 bits per heavy atom. The lowest BCUT2D eigenvalue weighted by Gasteiger charge is -2.21. The van der Waals surface area contributed by atoms with Gasteiger partial charge in [0.15, 0.2) is 17.4 Å². The fourth-order valence-electron chi connectivity index (χ4n) is 4.63. The van der Waals surface area contributed by atoms with Crippen molar-refractivity contribution in [2.75, 3.05) is 26.2 Å². The molecule has 2 aliphatic heterocycles. The molecule has 0 radical (unpaired) electrons. The van der Waals surface area contributed by atoms with Crippen LogP contribution in [0.25, 0.3) is 11.1 Å². The molecule has 2 aliphatic rings. The zero-order valence-corrected chi connectivity index (χ0v) is 23.3. The summed E-state index contributed by atoms with van der Waals surface area (Å²) in [6.45, 7) is 4.16. The first-order chi connectivity index (χ1) is 18.5. The number of aliphatic imine (C=N–C) groups is 2. The average Bonchev–Trinajstić information content (AvgIpc) is 3.67. The van der Waals surface area contributed by atoms with Crippen molar-refractivity contribution in [3.63, 3.8) is 0 Å². The largest absolute Gasteiger partial charge is 0.352 e. The summed E-state index contributed by atoms with van der Waals surface area (Å²) >= 11 is 15.5. The lowest BCUT2D eigenvalue weighted by atomic mass is 10.0. The van der Waals surface area contributed by atoms with E-state index in [-0.39, 0.29) is 0 Å². The first-order valence-corrected chi connectivity index (χ1v) is 13.7. The molecule has 3 aromatic heterocycles. The highest BCUT2D eigenvalue weighted by atomic mass is 79.9. The first kappa shape index (κ1) is 25.0. The SMILES string of the molecule is Clc1ccc(CN2CCN=C2c2noc(C3=NCCN3Cc3ccc(Cl)nc3)c2-c2ccc(Br)cc2)cn1. The van der Waals surface area contributed by atoms with Gasteiger partial charge in [-0.25, -0.2) is 9.97 Å². The Hall–Kier alpha value is -3.27. The first-order valence-electron chi connectivity index (χ1n) is 12.1. The number of hydrogen-bond acceptors (Lipinski definition) is 8. The summed E-state index contributed by atoms with van der Waals surface area (Å²) in [5, 5.41) is 5.51. The van der Waals surface area contributed by atoms with Crippen LogP contribution in [-0.2, 0) is 13.1 Å². The second-order valence-corrected chi connectivity index (χ2v) is 10.7. The highest BCUT2D eigenvalue weighted by Gasteiger charge is 2.33. The fraction of sp³-hybridized carbons (Fsp3) is 0.222. The van der Waals surface area contributed by atoms with Crippen molar-refractivity contribution in [2.45, 2.75) is 13.1 Å². The van der Waals surface area contributed by atoms with Crippen LogP contribution < -0.4 is 0 Å². The number of halogens is 3. The lowest BCUT2D eigenvalue weighted by Crippen LogP contribution is -2.29. The predicted octanol–water partition coefficient (Wildman–Crippen LogP) is 5.73. The molecule has 0 saturated heterocycles. The van der Waals surface area contributed by atoms with Gasteiger partial charge >= 0.3 is 0 Å². The maximum absolute atomic E-state index is 6.07. The van der Waals surface area contributed by atoms with E-state index in [1.54, 1.807) is 24.5 Å². The maximum atomic E-state index is 6.07. The Balaban J connectivity index is 1.37. The average molecular weight is 611 g/mol. The third-order valence-corrected chi connectivity index (χ3v) is 7.40. The van der Waals surface area contributed by atoms with Gasteiger partial charge in [-0.15, -0.1) is 0 Å². The van der Waals surface area contributed by atoms with E-state index in [1.165, 1.54) is 0 Å². The summed E-state index contributed by atoms with van der Waals surface area (Å²) in [5.74, 6) is 2.19. The number of pyridine rings is 2.